The molecule has 92 valence electrons. The number of carbonyl (C=O) groups is 2. The van der Waals surface area contributed by atoms with Gasteiger partial charge in [-0.25, -0.2) is 4.79 Å². The van der Waals surface area contributed by atoms with Gasteiger partial charge in [-0.15, -0.1) is 0 Å². The van der Waals surface area contributed by atoms with Crippen LogP contribution in [0.15, 0.2) is 12.3 Å². The van der Waals surface area contributed by atoms with Gasteiger partial charge in [0, 0.05) is 24.9 Å². The van der Waals surface area contributed by atoms with E-state index in [0.717, 1.165) is 12.8 Å². The second kappa shape index (κ2) is 4.33. The highest BCUT2D eigenvalue weighted by atomic mass is 16.5. The van der Waals surface area contributed by atoms with Gasteiger partial charge in [-0.05, 0) is 25.8 Å². The van der Waals surface area contributed by atoms with Crippen molar-refractivity contribution in [3.63, 3.8) is 0 Å². The zero-order valence-corrected chi connectivity index (χ0v) is 9.84. The van der Waals surface area contributed by atoms with Crippen LogP contribution in [0.1, 0.15) is 46.7 Å². The molecule has 1 heterocycles. The molecule has 0 amide bonds. The fourth-order valence-corrected chi connectivity index (χ4v) is 2.10. The van der Waals surface area contributed by atoms with Crippen LogP contribution in [0.25, 0.3) is 0 Å². The van der Waals surface area contributed by atoms with Crippen LogP contribution in [0.2, 0.25) is 0 Å². The Morgan fingerprint density at radius 2 is 2.12 bits per heavy atom. The standard InChI is InChI=1S/C12H15NO4/c1-7(14)8-3-11(12(15)16)13(6-8)9-4-10(5-9)17-2/h3,6,9-10H,4-5H2,1-2H3,(H,15,16). The minimum Gasteiger partial charge on any atom is -0.477 e. The number of methoxy groups -OCH3 is 1. The molecule has 5 nitrogen and oxygen atoms in total. The number of carbonyl (C=O) groups excluding carboxylic acids is 1. The fraction of sp³-hybridized carbons (Fsp3) is 0.500. The monoisotopic (exact) mass is 237 g/mol. The molecule has 0 bridgehead atoms. The van der Waals surface area contributed by atoms with Crippen molar-refractivity contribution in [2.75, 3.05) is 7.11 Å². The molecule has 1 aliphatic rings. The van der Waals surface area contributed by atoms with E-state index in [2.05, 4.69) is 0 Å². The van der Waals surface area contributed by atoms with Gasteiger partial charge in [0.05, 0.1) is 6.10 Å². The van der Waals surface area contributed by atoms with E-state index in [1.807, 2.05) is 0 Å². The Hall–Kier alpha value is -1.62. The second-order valence-electron chi connectivity index (χ2n) is 4.37. The predicted octanol–water partition coefficient (Wildman–Crippen LogP) is 1.74. The average Bonchev–Trinajstić information content (AvgIpc) is 2.61. The topological polar surface area (TPSA) is 68.5 Å². The molecule has 2 rings (SSSR count). The summed E-state index contributed by atoms with van der Waals surface area (Å²) in [7, 11) is 1.65. The fourth-order valence-electron chi connectivity index (χ4n) is 2.10. The van der Waals surface area contributed by atoms with Gasteiger partial charge in [-0.3, -0.25) is 4.79 Å². The number of nitrogens with zero attached hydrogens (tertiary/aromatic N) is 1. The molecule has 1 aromatic rings. The molecule has 0 aromatic carbocycles. The van der Waals surface area contributed by atoms with Crippen LogP contribution in [-0.2, 0) is 4.74 Å². The molecule has 0 saturated heterocycles. The van der Waals surface area contributed by atoms with E-state index in [-0.39, 0.29) is 23.6 Å². The van der Waals surface area contributed by atoms with Crippen molar-refractivity contribution in [2.45, 2.75) is 31.9 Å². The number of Topliss-reactive ketones (excluding diaryl/α,β-unsaturated/α-hetero) is 1. The third-order valence-corrected chi connectivity index (χ3v) is 3.27. The Morgan fingerprint density at radius 3 is 2.59 bits per heavy atom. The van der Waals surface area contributed by atoms with Crippen molar-refractivity contribution in [1.82, 2.24) is 4.57 Å². The maximum absolute atomic E-state index is 11.3. The minimum atomic E-state index is -1.00. The third-order valence-electron chi connectivity index (χ3n) is 3.27. The van der Waals surface area contributed by atoms with E-state index in [4.69, 9.17) is 9.84 Å². The molecule has 0 unspecified atom stereocenters. The predicted molar refractivity (Wildman–Crippen MR) is 60.5 cm³/mol. The van der Waals surface area contributed by atoms with Crippen molar-refractivity contribution >= 4 is 11.8 Å². The first-order chi connectivity index (χ1) is 8.02. The molecule has 1 aliphatic carbocycles. The van der Waals surface area contributed by atoms with Gasteiger partial charge in [0.2, 0.25) is 0 Å². The highest BCUT2D eigenvalue weighted by Gasteiger charge is 2.32. The molecular weight excluding hydrogens is 222 g/mol. The van der Waals surface area contributed by atoms with Crippen molar-refractivity contribution in [1.29, 1.82) is 0 Å². The lowest BCUT2D eigenvalue weighted by atomic mass is 9.89. The summed E-state index contributed by atoms with van der Waals surface area (Å²) in [6, 6.07) is 1.56. The number of hydrogen-bond donors (Lipinski definition) is 1. The highest BCUT2D eigenvalue weighted by Crippen LogP contribution is 2.35. The molecule has 0 spiro atoms. The lowest BCUT2D eigenvalue weighted by molar-refractivity contribution is 0.00496. The molecule has 5 heteroatoms. The smallest absolute Gasteiger partial charge is 0.352 e. The summed E-state index contributed by atoms with van der Waals surface area (Å²) in [5.41, 5.74) is 0.623. The molecule has 0 atom stereocenters. The van der Waals surface area contributed by atoms with Crippen LogP contribution in [0.4, 0.5) is 0 Å². The molecule has 17 heavy (non-hydrogen) atoms. The van der Waals surface area contributed by atoms with Gasteiger partial charge < -0.3 is 14.4 Å². The van der Waals surface area contributed by atoms with E-state index in [0.29, 0.717) is 5.56 Å². The van der Waals surface area contributed by atoms with Crippen LogP contribution in [0, 0.1) is 0 Å². The summed E-state index contributed by atoms with van der Waals surface area (Å²) < 4.78 is 6.84. The van der Waals surface area contributed by atoms with Crippen LogP contribution < -0.4 is 0 Å². The summed E-state index contributed by atoms with van der Waals surface area (Å²) in [5, 5.41) is 9.09. The van der Waals surface area contributed by atoms with Gasteiger partial charge in [0.15, 0.2) is 5.78 Å². The molecule has 1 N–H and O–H groups in total. The maximum atomic E-state index is 11.3. The molecule has 1 aromatic heterocycles. The molecule has 0 aliphatic heterocycles. The van der Waals surface area contributed by atoms with Crippen molar-refractivity contribution in [2.24, 2.45) is 0 Å². The van der Waals surface area contributed by atoms with Crippen LogP contribution in [0.3, 0.4) is 0 Å². The summed E-state index contributed by atoms with van der Waals surface area (Å²) in [5.74, 6) is -1.12. The maximum Gasteiger partial charge on any atom is 0.352 e. The number of carboxylic acid groups (broad SMARTS) is 1. The van der Waals surface area contributed by atoms with Crippen LogP contribution in [0.5, 0.6) is 0 Å². The van der Waals surface area contributed by atoms with Crippen molar-refractivity contribution in [3.8, 4) is 0 Å². The minimum absolute atomic E-state index is 0.117. The van der Waals surface area contributed by atoms with E-state index in [1.165, 1.54) is 13.0 Å². The van der Waals surface area contributed by atoms with E-state index >= 15 is 0 Å². The first-order valence-electron chi connectivity index (χ1n) is 5.51. The largest absolute Gasteiger partial charge is 0.477 e. The van der Waals surface area contributed by atoms with E-state index < -0.39 is 5.97 Å². The molecule has 0 radical (unpaired) electrons. The second-order valence-corrected chi connectivity index (χ2v) is 4.37. The summed E-state index contributed by atoms with van der Waals surface area (Å²) in [6.45, 7) is 1.43. The Labute approximate surface area is 99.0 Å². The van der Waals surface area contributed by atoms with Crippen LogP contribution >= 0.6 is 0 Å². The lowest BCUT2D eigenvalue weighted by Gasteiger charge is -2.35. The molecule has 1 saturated carbocycles. The lowest BCUT2D eigenvalue weighted by Crippen LogP contribution is -2.33. The van der Waals surface area contributed by atoms with Gasteiger partial charge in [0.25, 0.3) is 0 Å². The first-order valence-corrected chi connectivity index (χ1v) is 5.51. The number of aromatic carboxylic acids is 1. The highest BCUT2D eigenvalue weighted by molar-refractivity contribution is 5.97. The van der Waals surface area contributed by atoms with E-state index in [9.17, 15) is 9.59 Å². The molecular formula is C12H15NO4. The van der Waals surface area contributed by atoms with Gasteiger partial charge >= 0.3 is 5.97 Å². The van der Waals surface area contributed by atoms with Crippen molar-refractivity contribution in [3.05, 3.63) is 23.5 Å². The van der Waals surface area contributed by atoms with Gasteiger partial charge in [-0.1, -0.05) is 0 Å². The Bertz CT molecular complexity index is 457. The normalized spacial score (nSPS) is 23.2. The Morgan fingerprint density at radius 1 is 1.47 bits per heavy atom. The summed E-state index contributed by atoms with van der Waals surface area (Å²) in [6.07, 6.45) is 3.42. The zero-order chi connectivity index (χ0) is 12.6. The SMILES string of the molecule is COC1CC(n2cc(C(C)=O)cc2C(=O)O)C1. The number of rotatable bonds is 4. The van der Waals surface area contributed by atoms with Gasteiger partial charge in [0.1, 0.15) is 5.69 Å². The quantitative estimate of drug-likeness (QED) is 0.810. The number of hydrogen-bond acceptors (Lipinski definition) is 3. The van der Waals surface area contributed by atoms with E-state index in [1.54, 1.807) is 17.9 Å². The number of ketones is 1. The van der Waals surface area contributed by atoms with Crippen LogP contribution in [-0.4, -0.2) is 34.6 Å². The molecule has 1 fully saturated rings. The van der Waals surface area contributed by atoms with Gasteiger partial charge in [-0.2, -0.15) is 0 Å². The third kappa shape index (κ3) is 2.10. The average molecular weight is 237 g/mol. The first kappa shape index (κ1) is 11.9. The Kier molecular flexibility index (Phi) is 3.02. The number of aromatic nitrogens is 1. The summed E-state index contributed by atoms with van der Waals surface area (Å²) in [4.78, 5) is 22.3. The van der Waals surface area contributed by atoms with Crippen molar-refractivity contribution < 1.29 is 19.4 Å². The Balaban J connectivity index is 2.26. The number of ether oxygens (including phenoxy) is 1. The number of carboxylic acids is 1. The zero-order valence-electron chi connectivity index (χ0n) is 9.84. The summed E-state index contributed by atoms with van der Waals surface area (Å²) >= 11 is 0.